The van der Waals surface area contributed by atoms with Crippen LogP contribution in [0.25, 0.3) is 0 Å². The molecule has 0 aromatic carbocycles. The van der Waals surface area contributed by atoms with Crippen LogP contribution in [0.15, 0.2) is 0 Å². The second-order valence-corrected chi connectivity index (χ2v) is 4.66. The summed E-state index contributed by atoms with van der Waals surface area (Å²) >= 11 is 0. The summed E-state index contributed by atoms with van der Waals surface area (Å²) in [7, 11) is 0. The maximum Gasteiger partial charge on any atom is 0.162 e. The molecule has 0 N–H and O–H groups in total. The molecule has 0 aromatic heterocycles. The van der Waals surface area contributed by atoms with Crippen LogP contribution in [0.3, 0.4) is 0 Å². The molecule has 0 spiro atoms. The van der Waals surface area contributed by atoms with E-state index in [4.69, 9.17) is 14.2 Å². The SMILES string of the molecule is CCO[C@@H]1OCCC[C@H]1[C@H](OCC)C(C)C. The van der Waals surface area contributed by atoms with Crippen molar-refractivity contribution in [1.82, 2.24) is 0 Å². The summed E-state index contributed by atoms with van der Waals surface area (Å²) < 4.78 is 17.2. The molecule has 16 heavy (non-hydrogen) atoms. The first kappa shape index (κ1) is 13.9. The second kappa shape index (κ2) is 7.25. The van der Waals surface area contributed by atoms with Crippen LogP contribution in [0, 0.1) is 11.8 Å². The van der Waals surface area contributed by atoms with Crippen LogP contribution in [0.5, 0.6) is 0 Å². The van der Waals surface area contributed by atoms with E-state index in [2.05, 4.69) is 20.8 Å². The van der Waals surface area contributed by atoms with Crippen molar-refractivity contribution >= 4 is 0 Å². The topological polar surface area (TPSA) is 27.7 Å². The Labute approximate surface area is 99.5 Å². The lowest BCUT2D eigenvalue weighted by molar-refractivity contribution is -0.219. The van der Waals surface area contributed by atoms with Gasteiger partial charge in [0, 0.05) is 25.7 Å². The van der Waals surface area contributed by atoms with Gasteiger partial charge in [-0.3, -0.25) is 0 Å². The molecule has 1 aliphatic heterocycles. The van der Waals surface area contributed by atoms with E-state index in [1.807, 2.05) is 6.92 Å². The van der Waals surface area contributed by atoms with Gasteiger partial charge in [-0.25, -0.2) is 0 Å². The van der Waals surface area contributed by atoms with Crippen LogP contribution in [-0.4, -0.2) is 32.2 Å². The van der Waals surface area contributed by atoms with Crippen molar-refractivity contribution in [3.8, 4) is 0 Å². The van der Waals surface area contributed by atoms with Gasteiger partial charge in [0.2, 0.25) is 0 Å². The zero-order valence-corrected chi connectivity index (χ0v) is 11.1. The summed E-state index contributed by atoms with van der Waals surface area (Å²) in [5.74, 6) is 0.892. The first-order chi connectivity index (χ1) is 7.70. The molecule has 0 amide bonds. The Morgan fingerprint density at radius 1 is 1.25 bits per heavy atom. The smallest absolute Gasteiger partial charge is 0.162 e. The molecule has 1 rings (SSSR count). The van der Waals surface area contributed by atoms with E-state index in [9.17, 15) is 0 Å². The standard InChI is InChI=1S/C13H26O3/c1-5-14-12(10(3)4)11-8-7-9-16-13(11)15-6-2/h10-13H,5-9H2,1-4H3/t11-,12+,13+/m0/s1. The van der Waals surface area contributed by atoms with Crippen LogP contribution in [0.2, 0.25) is 0 Å². The van der Waals surface area contributed by atoms with E-state index in [-0.39, 0.29) is 12.4 Å². The van der Waals surface area contributed by atoms with Gasteiger partial charge in [-0.1, -0.05) is 13.8 Å². The predicted octanol–water partition coefficient (Wildman–Crippen LogP) is 2.84. The van der Waals surface area contributed by atoms with Crippen LogP contribution in [0.4, 0.5) is 0 Å². The van der Waals surface area contributed by atoms with Gasteiger partial charge in [0.1, 0.15) is 0 Å². The van der Waals surface area contributed by atoms with E-state index in [0.717, 1.165) is 26.1 Å². The molecule has 0 saturated carbocycles. The van der Waals surface area contributed by atoms with Crippen LogP contribution >= 0.6 is 0 Å². The fourth-order valence-electron chi connectivity index (χ4n) is 2.44. The highest BCUT2D eigenvalue weighted by Crippen LogP contribution is 2.30. The molecule has 1 saturated heterocycles. The summed E-state index contributed by atoms with van der Waals surface area (Å²) in [6.45, 7) is 10.8. The molecule has 1 heterocycles. The molecular weight excluding hydrogens is 204 g/mol. The Hall–Kier alpha value is -0.120. The molecule has 96 valence electrons. The summed E-state index contributed by atoms with van der Waals surface area (Å²) in [5, 5.41) is 0. The zero-order valence-electron chi connectivity index (χ0n) is 11.1. The molecule has 1 fully saturated rings. The minimum atomic E-state index is -0.0716. The Morgan fingerprint density at radius 2 is 2.00 bits per heavy atom. The Morgan fingerprint density at radius 3 is 2.56 bits per heavy atom. The fourth-order valence-corrected chi connectivity index (χ4v) is 2.44. The molecule has 0 aromatic rings. The third kappa shape index (κ3) is 3.72. The molecule has 0 bridgehead atoms. The predicted molar refractivity (Wildman–Crippen MR) is 64.3 cm³/mol. The number of ether oxygens (including phenoxy) is 3. The number of rotatable bonds is 6. The van der Waals surface area contributed by atoms with Gasteiger partial charge in [-0.05, 0) is 32.6 Å². The van der Waals surface area contributed by atoms with Gasteiger partial charge in [0.05, 0.1) is 6.10 Å². The fraction of sp³-hybridized carbons (Fsp3) is 1.00. The van der Waals surface area contributed by atoms with Crippen molar-refractivity contribution in [2.75, 3.05) is 19.8 Å². The first-order valence-corrected chi connectivity index (χ1v) is 6.55. The Balaban J connectivity index is 2.62. The van der Waals surface area contributed by atoms with Crippen molar-refractivity contribution in [2.45, 2.75) is 52.9 Å². The van der Waals surface area contributed by atoms with Gasteiger partial charge in [0.25, 0.3) is 0 Å². The molecule has 3 heteroatoms. The highest BCUT2D eigenvalue weighted by molar-refractivity contribution is 4.79. The lowest BCUT2D eigenvalue weighted by Crippen LogP contribution is -2.43. The third-order valence-electron chi connectivity index (χ3n) is 3.08. The van der Waals surface area contributed by atoms with Crippen molar-refractivity contribution in [2.24, 2.45) is 11.8 Å². The Kier molecular flexibility index (Phi) is 6.32. The van der Waals surface area contributed by atoms with Crippen LogP contribution < -0.4 is 0 Å². The van der Waals surface area contributed by atoms with Gasteiger partial charge in [-0.2, -0.15) is 0 Å². The summed E-state index contributed by atoms with van der Waals surface area (Å²) in [4.78, 5) is 0. The van der Waals surface area contributed by atoms with Gasteiger partial charge >= 0.3 is 0 Å². The van der Waals surface area contributed by atoms with Crippen molar-refractivity contribution in [3.63, 3.8) is 0 Å². The van der Waals surface area contributed by atoms with E-state index in [1.54, 1.807) is 0 Å². The third-order valence-corrected chi connectivity index (χ3v) is 3.08. The van der Waals surface area contributed by atoms with Gasteiger partial charge in [0.15, 0.2) is 6.29 Å². The summed E-state index contributed by atoms with van der Waals surface area (Å²) in [5.41, 5.74) is 0. The highest BCUT2D eigenvalue weighted by Gasteiger charge is 2.35. The maximum absolute atomic E-state index is 5.86. The monoisotopic (exact) mass is 230 g/mol. The van der Waals surface area contributed by atoms with Gasteiger partial charge < -0.3 is 14.2 Å². The lowest BCUT2D eigenvalue weighted by atomic mass is 9.87. The van der Waals surface area contributed by atoms with Gasteiger partial charge in [-0.15, -0.1) is 0 Å². The minimum Gasteiger partial charge on any atom is -0.378 e. The minimum absolute atomic E-state index is 0.0716. The van der Waals surface area contributed by atoms with E-state index >= 15 is 0 Å². The summed E-state index contributed by atoms with van der Waals surface area (Å²) in [6.07, 6.45) is 2.44. The zero-order chi connectivity index (χ0) is 12.0. The molecule has 1 aliphatic rings. The molecule has 0 radical (unpaired) electrons. The quantitative estimate of drug-likeness (QED) is 0.702. The van der Waals surface area contributed by atoms with Crippen molar-refractivity contribution < 1.29 is 14.2 Å². The molecular formula is C13H26O3. The average Bonchev–Trinajstić information content (AvgIpc) is 2.27. The highest BCUT2D eigenvalue weighted by atomic mass is 16.7. The summed E-state index contributed by atoms with van der Waals surface area (Å²) in [6, 6.07) is 0. The number of hydrogen-bond donors (Lipinski definition) is 0. The van der Waals surface area contributed by atoms with E-state index < -0.39 is 0 Å². The largest absolute Gasteiger partial charge is 0.378 e. The van der Waals surface area contributed by atoms with Crippen LogP contribution in [0.1, 0.15) is 40.5 Å². The van der Waals surface area contributed by atoms with E-state index in [1.165, 1.54) is 0 Å². The molecule has 3 nitrogen and oxygen atoms in total. The first-order valence-electron chi connectivity index (χ1n) is 6.55. The van der Waals surface area contributed by atoms with Crippen molar-refractivity contribution in [1.29, 1.82) is 0 Å². The number of hydrogen-bond acceptors (Lipinski definition) is 3. The Bertz CT molecular complexity index is 180. The molecule has 0 aliphatic carbocycles. The lowest BCUT2D eigenvalue weighted by Gasteiger charge is -2.38. The van der Waals surface area contributed by atoms with Crippen molar-refractivity contribution in [3.05, 3.63) is 0 Å². The van der Waals surface area contributed by atoms with Crippen LogP contribution in [-0.2, 0) is 14.2 Å². The normalized spacial score (nSPS) is 28.3. The molecule has 3 atom stereocenters. The average molecular weight is 230 g/mol. The maximum atomic E-state index is 5.86. The molecule has 0 unspecified atom stereocenters. The van der Waals surface area contributed by atoms with E-state index in [0.29, 0.717) is 18.4 Å². The second-order valence-electron chi connectivity index (χ2n) is 4.66.